The van der Waals surface area contributed by atoms with E-state index in [1.807, 2.05) is 16.9 Å². The van der Waals surface area contributed by atoms with Crippen LogP contribution in [0.4, 0.5) is 0 Å². The Bertz CT molecular complexity index is 1240. The van der Waals surface area contributed by atoms with Crippen molar-refractivity contribution in [3.63, 3.8) is 0 Å². The van der Waals surface area contributed by atoms with Crippen LogP contribution in [0, 0.1) is 0 Å². The molecule has 0 aliphatic rings. The van der Waals surface area contributed by atoms with Gasteiger partial charge in [0, 0.05) is 28.1 Å². The van der Waals surface area contributed by atoms with Crippen LogP contribution in [0.15, 0.2) is 47.6 Å². The van der Waals surface area contributed by atoms with E-state index in [0.717, 1.165) is 39.1 Å². The van der Waals surface area contributed by atoms with Gasteiger partial charge in [0.05, 0.1) is 0 Å². The molecule has 0 radical (unpaired) electrons. The van der Waals surface area contributed by atoms with E-state index in [4.69, 9.17) is 5.10 Å². The van der Waals surface area contributed by atoms with Gasteiger partial charge in [-0.15, -0.1) is 10.2 Å². The lowest BCUT2D eigenvalue weighted by Crippen LogP contribution is -2.17. The summed E-state index contributed by atoms with van der Waals surface area (Å²) in [6, 6.07) is 14.6. The summed E-state index contributed by atoms with van der Waals surface area (Å²) in [5, 5.41) is 21.6. The molecular weight excluding hydrogens is 603 g/mol. The Kier molecular flexibility index (Phi) is 16.6. The SMILES string of the molecule is CCCCCCCCCCCCCCCCCCSSc1nnc(-c2cc(C(C)(C)C)c(O)c(C(C)(C)C)c2)n1-c1ccccc1. The summed E-state index contributed by atoms with van der Waals surface area (Å²) >= 11 is 0. The minimum atomic E-state index is -0.210. The Hall–Kier alpha value is -1.92. The zero-order valence-corrected chi connectivity index (χ0v) is 31.8. The molecule has 0 aliphatic heterocycles. The molecule has 3 rings (SSSR count). The van der Waals surface area contributed by atoms with Gasteiger partial charge in [0.25, 0.3) is 0 Å². The van der Waals surface area contributed by atoms with Crippen LogP contribution in [-0.4, -0.2) is 25.6 Å². The molecule has 6 heteroatoms. The Balaban J connectivity index is 1.48. The van der Waals surface area contributed by atoms with E-state index in [9.17, 15) is 5.11 Å². The smallest absolute Gasteiger partial charge is 0.206 e. The van der Waals surface area contributed by atoms with Crippen LogP contribution in [-0.2, 0) is 10.8 Å². The fraction of sp³-hybridized carbons (Fsp3) is 0.650. The van der Waals surface area contributed by atoms with Crippen LogP contribution in [0.3, 0.4) is 0 Å². The minimum Gasteiger partial charge on any atom is -0.507 e. The zero-order chi connectivity index (χ0) is 33.4. The van der Waals surface area contributed by atoms with Gasteiger partial charge in [0.1, 0.15) is 5.75 Å². The molecule has 0 fully saturated rings. The van der Waals surface area contributed by atoms with Crippen LogP contribution in [0.25, 0.3) is 17.1 Å². The van der Waals surface area contributed by atoms with E-state index in [2.05, 4.69) is 94.5 Å². The molecular formula is C40H63N3OS2. The predicted molar refractivity (Wildman–Crippen MR) is 204 cm³/mol. The summed E-state index contributed by atoms with van der Waals surface area (Å²) in [6.07, 6.45) is 22.3. The first-order valence-corrected chi connectivity index (χ1v) is 20.5. The topological polar surface area (TPSA) is 50.9 Å². The number of para-hydroxylation sites is 1. The molecule has 0 saturated carbocycles. The van der Waals surface area contributed by atoms with Gasteiger partial charge in [-0.25, -0.2) is 0 Å². The van der Waals surface area contributed by atoms with Crippen molar-refractivity contribution < 1.29 is 5.11 Å². The first-order chi connectivity index (χ1) is 22.0. The first kappa shape index (κ1) is 38.5. The Morgan fingerprint density at radius 3 is 1.54 bits per heavy atom. The summed E-state index contributed by atoms with van der Waals surface area (Å²) in [5.41, 5.74) is 3.49. The van der Waals surface area contributed by atoms with Crippen LogP contribution in [0.1, 0.15) is 162 Å². The third kappa shape index (κ3) is 12.6. The lowest BCUT2D eigenvalue weighted by Gasteiger charge is -2.28. The van der Waals surface area contributed by atoms with Gasteiger partial charge in [0.15, 0.2) is 5.82 Å². The quantitative estimate of drug-likeness (QED) is 0.0906. The molecule has 2 aromatic carbocycles. The van der Waals surface area contributed by atoms with Crippen molar-refractivity contribution >= 4 is 21.6 Å². The molecule has 1 N–H and O–H groups in total. The lowest BCUT2D eigenvalue weighted by atomic mass is 9.78. The average molecular weight is 666 g/mol. The lowest BCUT2D eigenvalue weighted by molar-refractivity contribution is 0.423. The molecule has 0 aliphatic carbocycles. The summed E-state index contributed by atoms with van der Waals surface area (Å²) in [6.45, 7) is 15.2. The Morgan fingerprint density at radius 2 is 1.09 bits per heavy atom. The number of benzene rings is 2. The maximum atomic E-state index is 11.3. The van der Waals surface area contributed by atoms with Gasteiger partial charge in [-0.1, -0.05) is 174 Å². The van der Waals surface area contributed by atoms with Crippen molar-refractivity contribution in [3.8, 4) is 22.8 Å². The highest BCUT2D eigenvalue weighted by molar-refractivity contribution is 8.76. The standard InChI is InChI=1S/C40H63N3OS2/c1-8-9-10-11-12-13-14-15-16-17-18-19-20-21-22-26-29-45-46-38-42-41-37(43(38)33-27-24-23-25-28-33)32-30-34(39(2,3)4)36(44)35(31-32)40(5,6)7/h23-25,27-28,30-31,44H,8-22,26,29H2,1-7H3. The fourth-order valence-electron chi connectivity index (χ4n) is 6.03. The highest BCUT2D eigenvalue weighted by atomic mass is 33.1. The van der Waals surface area contributed by atoms with Gasteiger partial charge in [-0.2, -0.15) is 0 Å². The molecule has 0 bridgehead atoms. The molecule has 0 atom stereocenters. The molecule has 3 aromatic rings. The first-order valence-electron chi connectivity index (χ1n) is 18.2. The number of aromatic nitrogens is 3. The number of hydrogen-bond acceptors (Lipinski definition) is 5. The molecule has 4 nitrogen and oxygen atoms in total. The molecule has 0 unspecified atom stereocenters. The monoisotopic (exact) mass is 665 g/mol. The molecule has 0 amide bonds. The number of phenolic OH excluding ortho intramolecular Hbond substituents is 1. The molecule has 46 heavy (non-hydrogen) atoms. The number of unbranched alkanes of at least 4 members (excludes halogenated alkanes) is 15. The average Bonchev–Trinajstić information content (AvgIpc) is 3.43. The second-order valence-electron chi connectivity index (χ2n) is 15.1. The van der Waals surface area contributed by atoms with E-state index >= 15 is 0 Å². The van der Waals surface area contributed by atoms with Gasteiger partial charge in [-0.05, 0) is 52.3 Å². The van der Waals surface area contributed by atoms with E-state index in [0.29, 0.717) is 5.75 Å². The number of nitrogens with zero attached hydrogens (tertiary/aromatic N) is 3. The number of rotatable bonds is 21. The van der Waals surface area contributed by atoms with Crippen molar-refractivity contribution in [2.75, 3.05) is 5.75 Å². The van der Waals surface area contributed by atoms with Crippen molar-refractivity contribution in [2.45, 2.75) is 167 Å². The van der Waals surface area contributed by atoms with Gasteiger partial charge in [0.2, 0.25) is 5.16 Å². The summed E-state index contributed by atoms with van der Waals surface area (Å²) in [7, 11) is 3.61. The van der Waals surface area contributed by atoms with Gasteiger partial charge >= 0.3 is 0 Å². The summed E-state index contributed by atoms with van der Waals surface area (Å²) in [5.74, 6) is 2.31. The van der Waals surface area contributed by atoms with Crippen molar-refractivity contribution in [3.05, 3.63) is 53.6 Å². The maximum Gasteiger partial charge on any atom is 0.206 e. The zero-order valence-electron chi connectivity index (χ0n) is 30.2. The molecule has 0 saturated heterocycles. The van der Waals surface area contributed by atoms with E-state index in [-0.39, 0.29) is 10.8 Å². The fourth-order valence-corrected chi connectivity index (χ4v) is 8.13. The number of phenols is 1. The predicted octanol–water partition coefficient (Wildman–Crippen LogP) is 13.2. The Morgan fingerprint density at radius 1 is 0.630 bits per heavy atom. The molecule has 1 aromatic heterocycles. The van der Waals surface area contributed by atoms with Gasteiger partial charge in [-0.3, -0.25) is 4.57 Å². The van der Waals surface area contributed by atoms with Crippen LogP contribution >= 0.6 is 21.6 Å². The van der Waals surface area contributed by atoms with E-state index < -0.39 is 0 Å². The molecule has 0 spiro atoms. The summed E-state index contributed by atoms with van der Waals surface area (Å²) < 4.78 is 2.18. The Labute approximate surface area is 289 Å². The van der Waals surface area contributed by atoms with Crippen LogP contribution in [0.5, 0.6) is 5.75 Å². The molecule has 256 valence electrons. The highest BCUT2D eigenvalue weighted by Crippen LogP contribution is 2.43. The minimum absolute atomic E-state index is 0.210. The third-order valence-electron chi connectivity index (χ3n) is 8.85. The van der Waals surface area contributed by atoms with Gasteiger partial charge < -0.3 is 5.11 Å². The second-order valence-corrected chi connectivity index (χ2v) is 17.5. The number of aromatic hydroxyl groups is 1. The maximum absolute atomic E-state index is 11.3. The number of hydrogen-bond donors (Lipinski definition) is 1. The molecule has 1 heterocycles. The van der Waals surface area contributed by atoms with Crippen LogP contribution < -0.4 is 0 Å². The summed E-state index contributed by atoms with van der Waals surface area (Å²) in [4.78, 5) is 0. The third-order valence-corrected chi connectivity index (χ3v) is 11.1. The largest absolute Gasteiger partial charge is 0.507 e. The van der Waals surface area contributed by atoms with Crippen molar-refractivity contribution in [1.82, 2.24) is 14.8 Å². The normalized spacial score (nSPS) is 12.2. The van der Waals surface area contributed by atoms with E-state index in [1.165, 1.54) is 103 Å². The second kappa shape index (κ2) is 19.8. The highest BCUT2D eigenvalue weighted by Gasteiger charge is 2.28. The van der Waals surface area contributed by atoms with Crippen molar-refractivity contribution in [2.24, 2.45) is 0 Å². The van der Waals surface area contributed by atoms with E-state index in [1.54, 1.807) is 10.8 Å². The van der Waals surface area contributed by atoms with Crippen LogP contribution in [0.2, 0.25) is 0 Å². The van der Waals surface area contributed by atoms with Crippen molar-refractivity contribution in [1.29, 1.82) is 0 Å².